The molecule has 1 N–H and O–H groups in total. The molecule has 0 aromatic rings. The first kappa shape index (κ1) is 17.0. The van der Waals surface area contributed by atoms with Gasteiger partial charge in [-0.3, -0.25) is 9.59 Å². The quantitative estimate of drug-likeness (QED) is 0.843. The molecule has 1 fully saturated rings. The van der Waals surface area contributed by atoms with Gasteiger partial charge in [-0.2, -0.15) is 0 Å². The topological polar surface area (TPSA) is 49.4 Å². The zero-order valence-electron chi connectivity index (χ0n) is 13.9. The first-order valence-electron chi connectivity index (χ1n) is 7.86. The Hall–Kier alpha value is -1.06. The van der Waals surface area contributed by atoms with Crippen molar-refractivity contribution in [1.29, 1.82) is 0 Å². The summed E-state index contributed by atoms with van der Waals surface area (Å²) in [5.41, 5.74) is -0.951. The predicted octanol–water partition coefficient (Wildman–Crippen LogP) is 2.72. The minimum atomic E-state index is -0.702. The fourth-order valence-corrected chi connectivity index (χ4v) is 3.04. The number of hydrogen-bond acceptors (Lipinski definition) is 2. The summed E-state index contributed by atoms with van der Waals surface area (Å²) in [6.45, 7) is 12.8. The number of unbranched alkanes of at least 4 members (excludes halogenated alkanes) is 1. The number of piperazine rings is 1. The highest BCUT2D eigenvalue weighted by atomic mass is 16.2. The summed E-state index contributed by atoms with van der Waals surface area (Å²) in [7, 11) is 0. The van der Waals surface area contributed by atoms with E-state index in [4.69, 9.17) is 0 Å². The Morgan fingerprint density at radius 3 is 2.10 bits per heavy atom. The molecule has 0 spiro atoms. The van der Waals surface area contributed by atoms with Crippen LogP contribution in [-0.2, 0) is 9.59 Å². The Balaban J connectivity index is 3.17. The maximum absolute atomic E-state index is 12.9. The fraction of sp³-hybridized carbons (Fsp3) is 0.875. The molecule has 4 nitrogen and oxygen atoms in total. The molecule has 0 aromatic carbocycles. The minimum absolute atomic E-state index is 0.00287. The van der Waals surface area contributed by atoms with Gasteiger partial charge >= 0.3 is 0 Å². The van der Waals surface area contributed by atoms with Crippen molar-refractivity contribution in [1.82, 2.24) is 10.2 Å². The summed E-state index contributed by atoms with van der Waals surface area (Å²) in [5, 5.41) is 3.01. The van der Waals surface area contributed by atoms with E-state index in [9.17, 15) is 9.59 Å². The summed E-state index contributed by atoms with van der Waals surface area (Å²) in [4.78, 5) is 27.3. The number of nitrogens with one attached hydrogen (secondary N) is 1. The summed E-state index contributed by atoms with van der Waals surface area (Å²) < 4.78 is 0. The van der Waals surface area contributed by atoms with Crippen molar-refractivity contribution in [3.05, 3.63) is 0 Å². The maximum Gasteiger partial charge on any atom is 0.249 e. The molecule has 0 saturated carbocycles. The number of hydrogen-bond donors (Lipinski definition) is 1. The molecule has 1 aliphatic rings. The van der Waals surface area contributed by atoms with Gasteiger partial charge in [-0.1, -0.05) is 48.0 Å². The number of amides is 2. The van der Waals surface area contributed by atoms with Crippen LogP contribution in [0.4, 0.5) is 0 Å². The molecule has 116 valence electrons. The smallest absolute Gasteiger partial charge is 0.249 e. The Bertz CT molecular complexity index is 367. The zero-order valence-corrected chi connectivity index (χ0v) is 13.9. The number of rotatable bonds is 5. The molecule has 1 atom stereocenters. The molecule has 0 bridgehead atoms. The number of nitrogens with zero attached hydrogens (tertiary/aromatic N) is 1. The Morgan fingerprint density at radius 2 is 1.70 bits per heavy atom. The Kier molecular flexibility index (Phi) is 5.22. The molecule has 1 aliphatic heterocycles. The van der Waals surface area contributed by atoms with Crippen LogP contribution in [0.5, 0.6) is 0 Å². The molecule has 1 saturated heterocycles. The summed E-state index contributed by atoms with van der Waals surface area (Å²) in [6.07, 6.45) is 3.25. The van der Waals surface area contributed by atoms with Gasteiger partial charge < -0.3 is 10.2 Å². The molecular formula is C16H30N2O2. The van der Waals surface area contributed by atoms with E-state index < -0.39 is 5.54 Å². The van der Waals surface area contributed by atoms with Gasteiger partial charge in [-0.25, -0.2) is 0 Å². The second kappa shape index (κ2) is 6.15. The van der Waals surface area contributed by atoms with Crippen molar-refractivity contribution < 1.29 is 9.59 Å². The van der Waals surface area contributed by atoms with E-state index in [1.165, 1.54) is 0 Å². The van der Waals surface area contributed by atoms with Gasteiger partial charge in [0.25, 0.3) is 0 Å². The lowest BCUT2D eigenvalue weighted by atomic mass is 9.79. The molecule has 0 aromatic heterocycles. The van der Waals surface area contributed by atoms with Gasteiger partial charge in [0.1, 0.15) is 11.6 Å². The highest BCUT2D eigenvalue weighted by Crippen LogP contribution is 2.33. The van der Waals surface area contributed by atoms with E-state index in [-0.39, 0.29) is 23.3 Å². The van der Waals surface area contributed by atoms with E-state index in [1.807, 2.05) is 39.5 Å². The summed E-state index contributed by atoms with van der Waals surface area (Å²) in [5.74, 6) is 0.0902. The fourth-order valence-electron chi connectivity index (χ4n) is 3.04. The van der Waals surface area contributed by atoms with Gasteiger partial charge in [-0.15, -0.1) is 0 Å². The Morgan fingerprint density at radius 1 is 1.15 bits per heavy atom. The Labute approximate surface area is 123 Å². The first-order valence-corrected chi connectivity index (χ1v) is 7.86. The maximum atomic E-state index is 12.9. The predicted molar refractivity (Wildman–Crippen MR) is 81.3 cm³/mol. The lowest BCUT2D eigenvalue weighted by molar-refractivity contribution is -0.160. The molecule has 20 heavy (non-hydrogen) atoms. The number of carbonyl (C=O) groups is 2. The molecule has 4 heteroatoms. The van der Waals surface area contributed by atoms with E-state index in [2.05, 4.69) is 12.2 Å². The van der Waals surface area contributed by atoms with Crippen LogP contribution < -0.4 is 5.32 Å². The van der Waals surface area contributed by atoms with E-state index in [0.29, 0.717) is 19.4 Å². The van der Waals surface area contributed by atoms with Crippen LogP contribution in [0.1, 0.15) is 67.2 Å². The lowest BCUT2D eigenvalue weighted by Gasteiger charge is -2.49. The van der Waals surface area contributed by atoms with Crippen LogP contribution >= 0.6 is 0 Å². The normalized spacial score (nSPS) is 22.9. The van der Waals surface area contributed by atoms with Crippen LogP contribution in [0.25, 0.3) is 0 Å². The highest BCUT2D eigenvalue weighted by Gasteiger charge is 2.51. The van der Waals surface area contributed by atoms with Crippen LogP contribution in [0.15, 0.2) is 0 Å². The van der Waals surface area contributed by atoms with Crippen LogP contribution in [0, 0.1) is 5.41 Å². The molecule has 1 rings (SSSR count). The van der Waals surface area contributed by atoms with Crippen molar-refractivity contribution in [2.45, 2.75) is 78.8 Å². The standard InChI is InChI=1S/C16H30N2O2/c1-7-10-11-18-12(15(4,5)6)13(19)17-16(8-2,9-3)14(18)20/h12H,7-11H2,1-6H3,(H,17,19). The van der Waals surface area contributed by atoms with Crippen molar-refractivity contribution in [2.24, 2.45) is 5.41 Å². The third-order valence-electron chi connectivity index (χ3n) is 4.37. The van der Waals surface area contributed by atoms with E-state index in [0.717, 1.165) is 12.8 Å². The van der Waals surface area contributed by atoms with Gasteiger partial charge in [-0.05, 0) is 24.7 Å². The second-order valence-corrected chi connectivity index (χ2v) is 6.90. The number of carbonyl (C=O) groups excluding carboxylic acids is 2. The average Bonchev–Trinajstić information content (AvgIpc) is 2.37. The van der Waals surface area contributed by atoms with Crippen molar-refractivity contribution in [2.75, 3.05) is 6.54 Å². The van der Waals surface area contributed by atoms with Crippen molar-refractivity contribution in [3.63, 3.8) is 0 Å². The van der Waals surface area contributed by atoms with Gasteiger partial charge in [0.15, 0.2) is 0 Å². The van der Waals surface area contributed by atoms with Crippen LogP contribution in [0.3, 0.4) is 0 Å². The van der Waals surface area contributed by atoms with E-state index in [1.54, 1.807) is 0 Å². The van der Waals surface area contributed by atoms with Gasteiger partial charge in [0.05, 0.1) is 0 Å². The summed E-state index contributed by atoms with van der Waals surface area (Å²) >= 11 is 0. The van der Waals surface area contributed by atoms with Crippen LogP contribution in [-0.4, -0.2) is 34.8 Å². The third kappa shape index (κ3) is 2.99. The largest absolute Gasteiger partial charge is 0.340 e. The molecular weight excluding hydrogens is 252 g/mol. The first-order chi connectivity index (χ1) is 9.23. The van der Waals surface area contributed by atoms with Crippen LogP contribution in [0.2, 0.25) is 0 Å². The molecule has 1 heterocycles. The molecule has 0 aliphatic carbocycles. The highest BCUT2D eigenvalue weighted by molar-refractivity contribution is 6.00. The van der Waals surface area contributed by atoms with Gasteiger partial charge in [0.2, 0.25) is 11.8 Å². The second-order valence-electron chi connectivity index (χ2n) is 6.90. The average molecular weight is 282 g/mol. The van der Waals surface area contributed by atoms with Crippen molar-refractivity contribution >= 4 is 11.8 Å². The SMILES string of the molecule is CCCCN1C(=O)C(CC)(CC)NC(=O)C1C(C)(C)C. The van der Waals surface area contributed by atoms with E-state index >= 15 is 0 Å². The lowest BCUT2D eigenvalue weighted by Crippen LogP contribution is -2.72. The molecule has 2 amide bonds. The third-order valence-corrected chi connectivity index (χ3v) is 4.37. The summed E-state index contributed by atoms with van der Waals surface area (Å²) in [6, 6.07) is -0.368. The van der Waals surface area contributed by atoms with Crippen molar-refractivity contribution in [3.8, 4) is 0 Å². The molecule has 0 radical (unpaired) electrons. The minimum Gasteiger partial charge on any atom is -0.340 e. The van der Waals surface area contributed by atoms with Gasteiger partial charge in [0, 0.05) is 6.54 Å². The monoisotopic (exact) mass is 282 g/mol. The zero-order chi connectivity index (χ0) is 15.6. The molecule has 1 unspecified atom stereocenters.